The van der Waals surface area contributed by atoms with Crippen molar-refractivity contribution in [3.8, 4) is 0 Å². The van der Waals surface area contributed by atoms with E-state index in [1.165, 1.54) is 30.4 Å². The molecule has 0 amide bonds. The molecule has 0 spiro atoms. The van der Waals surface area contributed by atoms with Crippen molar-refractivity contribution < 1.29 is 0 Å². The second-order valence-electron chi connectivity index (χ2n) is 4.45. The van der Waals surface area contributed by atoms with Crippen molar-refractivity contribution >= 4 is 0 Å². The van der Waals surface area contributed by atoms with E-state index < -0.39 is 0 Å². The van der Waals surface area contributed by atoms with Crippen LogP contribution >= 0.6 is 0 Å². The van der Waals surface area contributed by atoms with Crippen molar-refractivity contribution in [2.24, 2.45) is 0 Å². The molecule has 1 fully saturated rings. The summed E-state index contributed by atoms with van der Waals surface area (Å²) < 4.78 is 0. The highest BCUT2D eigenvalue weighted by Gasteiger charge is 2.20. The fourth-order valence-electron chi connectivity index (χ4n) is 2.31. The van der Waals surface area contributed by atoms with Crippen LogP contribution in [-0.2, 0) is 0 Å². The van der Waals surface area contributed by atoms with E-state index in [-0.39, 0.29) is 0 Å². The first kappa shape index (κ1) is 9.51. The molecule has 0 radical (unpaired) electrons. The lowest BCUT2D eigenvalue weighted by molar-refractivity contribution is 0.730. The molecule has 1 atom stereocenters. The molecule has 0 N–H and O–H groups in total. The van der Waals surface area contributed by atoms with Crippen molar-refractivity contribution in [2.75, 3.05) is 0 Å². The summed E-state index contributed by atoms with van der Waals surface area (Å²) in [4.78, 5) is 0. The van der Waals surface area contributed by atoms with Crippen LogP contribution in [0.4, 0.5) is 0 Å². The third-order valence-corrected chi connectivity index (χ3v) is 3.27. The molecule has 0 aliphatic heterocycles. The zero-order valence-electron chi connectivity index (χ0n) is 9.09. The predicted molar refractivity (Wildman–Crippen MR) is 61.4 cm³/mol. The zero-order valence-corrected chi connectivity index (χ0v) is 9.09. The van der Waals surface area contributed by atoms with Crippen LogP contribution in [0.3, 0.4) is 0 Å². The van der Waals surface area contributed by atoms with E-state index >= 15 is 0 Å². The first-order chi connectivity index (χ1) is 6.77. The van der Waals surface area contributed by atoms with Gasteiger partial charge in [-0.25, -0.2) is 0 Å². The van der Waals surface area contributed by atoms with Gasteiger partial charge in [0.25, 0.3) is 0 Å². The molecule has 74 valence electrons. The fraction of sp³-hybridized carbons (Fsp3) is 0.429. The van der Waals surface area contributed by atoms with Crippen LogP contribution < -0.4 is 0 Å². The van der Waals surface area contributed by atoms with Crippen molar-refractivity contribution in [3.63, 3.8) is 0 Å². The molecule has 0 aromatic heterocycles. The molecule has 1 aliphatic rings. The van der Waals surface area contributed by atoms with Gasteiger partial charge in [0.05, 0.1) is 0 Å². The van der Waals surface area contributed by atoms with Crippen molar-refractivity contribution in [1.29, 1.82) is 0 Å². The summed E-state index contributed by atoms with van der Waals surface area (Å²) in [5.74, 6) is 0.779. The molecule has 1 unspecified atom stereocenters. The van der Waals surface area contributed by atoms with E-state index in [1.807, 2.05) is 0 Å². The first-order valence-electron chi connectivity index (χ1n) is 5.47. The number of hydrogen-bond acceptors (Lipinski definition) is 0. The summed E-state index contributed by atoms with van der Waals surface area (Å²) >= 11 is 0. The van der Waals surface area contributed by atoms with Crippen molar-refractivity contribution in [1.82, 2.24) is 0 Å². The van der Waals surface area contributed by atoms with Gasteiger partial charge in [-0.1, -0.05) is 41.5 Å². The Morgan fingerprint density at radius 1 is 1.14 bits per heavy atom. The van der Waals surface area contributed by atoms with Gasteiger partial charge in [-0.3, -0.25) is 0 Å². The van der Waals surface area contributed by atoms with Crippen LogP contribution in [0.15, 0.2) is 41.5 Å². The van der Waals surface area contributed by atoms with E-state index in [0.717, 1.165) is 5.92 Å². The zero-order chi connectivity index (χ0) is 9.97. The summed E-state index contributed by atoms with van der Waals surface area (Å²) in [6.07, 6.45) is 3.93. The minimum absolute atomic E-state index is 0.779. The molecular weight excluding hydrogens is 168 g/mol. The van der Waals surface area contributed by atoms with Gasteiger partial charge in [-0.2, -0.15) is 0 Å². The Kier molecular flexibility index (Phi) is 2.72. The molecule has 0 nitrogen and oxygen atoms in total. The Balaban J connectivity index is 2.14. The number of hydrogen-bond donors (Lipinski definition) is 0. The molecule has 0 saturated heterocycles. The Morgan fingerprint density at radius 2 is 1.86 bits per heavy atom. The van der Waals surface area contributed by atoms with E-state index in [0.29, 0.717) is 0 Å². The van der Waals surface area contributed by atoms with Crippen LogP contribution in [0.1, 0.15) is 44.6 Å². The summed E-state index contributed by atoms with van der Waals surface area (Å²) in [5.41, 5.74) is 4.73. The Hall–Kier alpha value is -1.04. The average Bonchev–Trinajstić information content (AvgIpc) is 2.68. The minimum atomic E-state index is 0.779. The third kappa shape index (κ3) is 1.89. The normalized spacial score (nSPS) is 21.3. The summed E-state index contributed by atoms with van der Waals surface area (Å²) in [6, 6.07) is 10.9. The Bertz CT molecular complexity index is 328. The van der Waals surface area contributed by atoms with Crippen LogP contribution in [0.25, 0.3) is 0 Å². The maximum absolute atomic E-state index is 2.26. The number of rotatable bonds is 1. The van der Waals surface area contributed by atoms with Crippen molar-refractivity contribution in [3.05, 3.63) is 47.0 Å². The van der Waals surface area contributed by atoms with Crippen LogP contribution in [-0.4, -0.2) is 0 Å². The second-order valence-corrected chi connectivity index (χ2v) is 4.45. The lowest BCUT2D eigenvalue weighted by Crippen LogP contribution is -1.90. The van der Waals surface area contributed by atoms with Gasteiger partial charge in [-0.05, 0) is 44.6 Å². The number of benzene rings is 1. The molecule has 14 heavy (non-hydrogen) atoms. The highest BCUT2D eigenvalue weighted by molar-refractivity contribution is 5.26. The molecular formula is C14H18. The van der Waals surface area contributed by atoms with E-state index in [2.05, 4.69) is 44.2 Å². The predicted octanol–water partition coefficient (Wildman–Crippen LogP) is 4.29. The second kappa shape index (κ2) is 4.00. The topological polar surface area (TPSA) is 0 Å². The monoisotopic (exact) mass is 186 g/mol. The van der Waals surface area contributed by atoms with Gasteiger partial charge in [0.1, 0.15) is 0 Å². The highest BCUT2D eigenvalue weighted by atomic mass is 14.3. The van der Waals surface area contributed by atoms with Crippen LogP contribution in [0, 0.1) is 0 Å². The van der Waals surface area contributed by atoms with Crippen molar-refractivity contribution in [2.45, 2.75) is 39.0 Å². The standard InChI is InChI=1S/C14H18/c1-11(2)13-8-9-14(10-13)12-6-4-3-5-7-12/h3-7,14H,8-10H2,1-2H3. The van der Waals surface area contributed by atoms with Gasteiger partial charge >= 0.3 is 0 Å². The molecule has 1 saturated carbocycles. The van der Waals surface area contributed by atoms with Crippen LogP contribution in [0.5, 0.6) is 0 Å². The Morgan fingerprint density at radius 3 is 2.43 bits per heavy atom. The van der Waals surface area contributed by atoms with Gasteiger partial charge in [0.15, 0.2) is 0 Å². The molecule has 0 heterocycles. The van der Waals surface area contributed by atoms with Crippen LogP contribution in [0.2, 0.25) is 0 Å². The van der Waals surface area contributed by atoms with Gasteiger partial charge in [0, 0.05) is 0 Å². The summed E-state index contributed by atoms with van der Waals surface area (Å²) in [7, 11) is 0. The maximum Gasteiger partial charge on any atom is -0.0122 e. The molecule has 1 aliphatic carbocycles. The SMILES string of the molecule is CC(C)=C1CCC(c2ccccc2)C1. The maximum atomic E-state index is 2.26. The Labute approximate surface area is 86.7 Å². The average molecular weight is 186 g/mol. The summed E-state index contributed by atoms with van der Waals surface area (Å²) in [6.45, 7) is 4.48. The third-order valence-electron chi connectivity index (χ3n) is 3.27. The minimum Gasteiger partial charge on any atom is -0.0772 e. The van der Waals surface area contributed by atoms with E-state index in [4.69, 9.17) is 0 Å². The summed E-state index contributed by atoms with van der Waals surface area (Å²) in [5, 5.41) is 0. The molecule has 1 aromatic rings. The van der Waals surface area contributed by atoms with Gasteiger partial charge in [-0.15, -0.1) is 0 Å². The molecule has 0 heteroatoms. The van der Waals surface area contributed by atoms with E-state index in [9.17, 15) is 0 Å². The quantitative estimate of drug-likeness (QED) is 0.574. The lowest BCUT2D eigenvalue weighted by Gasteiger charge is -2.08. The fourth-order valence-corrected chi connectivity index (χ4v) is 2.31. The molecule has 0 bridgehead atoms. The first-order valence-corrected chi connectivity index (χ1v) is 5.47. The van der Waals surface area contributed by atoms with E-state index in [1.54, 1.807) is 5.57 Å². The smallest absolute Gasteiger partial charge is 0.0122 e. The van der Waals surface area contributed by atoms with Gasteiger partial charge < -0.3 is 0 Å². The van der Waals surface area contributed by atoms with Gasteiger partial charge in [0.2, 0.25) is 0 Å². The largest absolute Gasteiger partial charge is 0.0772 e. The molecule has 2 rings (SSSR count). The lowest BCUT2D eigenvalue weighted by atomic mass is 9.97. The molecule has 1 aromatic carbocycles. The highest BCUT2D eigenvalue weighted by Crippen LogP contribution is 2.38. The number of allylic oxidation sites excluding steroid dienone is 2.